The Labute approximate surface area is 138 Å². The Morgan fingerprint density at radius 2 is 2.00 bits per heavy atom. The highest BCUT2D eigenvalue weighted by molar-refractivity contribution is 5.40. The van der Waals surface area contributed by atoms with Crippen LogP contribution >= 0.6 is 0 Å². The molecule has 0 amide bonds. The van der Waals surface area contributed by atoms with Gasteiger partial charge in [-0.2, -0.15) is 0 Å². The van der Waals surface area contributed by atoms with Crippen LogP contribution in [0.5, 0.6) is 5.75 Å². The summed E-state index contributed by atoms with van der Waals surface area (Å²) in [4.78, 5) is 0. The summed E-state index contributed by atoms with van der Waals surface area (Å²) in [7, 11) is 0. The van der Waals surface area contributed by atoms with Gasteiger partial charge in [0.15, 0.2) is 0 Å². The fraction of sp³-hybridized carbons (Fsp3) is 0.619. The summed E-state index contributed by atoms with van der Waals surface area (Å²) < 4.78 is 0. The molecule has 2 nitrogen and oxygen atoms in total. The fourth-order valence-electron chi connectivity index (χ4n) is 6.00. The van der Waals surface area contributed by atoms with Crippen LogP contribution in [-0.2, 0) is 6.42 Å². The number of hydrogen-bond donors (Lipinski definition) is 2. The third-order valence-electron chi connectivity index (χ3n) is 7.19. The molecular formula is C21H26O2. The molecule has 2 saturated carbocycles. The fourth-order valence-corrected chi connectivity index (χ4v) is 6.00. The first-order chi connectivity index (χ1) is 11.0. The van der Waals surface area contributed by atoms with Crippen molar-refractivity contribution in [3.8, 4) is 17.6 Å². The van der Waals surface area contributed by atoms with Crippen molar-refractivity contribution < 1.29 is 10.2 Å². The molecule has 3 aliphatic carbocycles. The number of aryl methyl sites for hydroxylation is 1. The van der Waals surface area contributed by atoms with Crippen LogP contribution in [0.15, 0.2) is 18.2 Å². The lowest BCUT2D eigenvalue weighted by atomic mass is 9.53. The molecule has 3 aliphatic rings. The van der Waals surface area contributed by atoms with E-state index in [1.54, 1.807) is 0 Å². The molecule has 0 aliphatic heterocycles. The number of benzene rings is 1. The van der Waals surface area contributed by atoms with Crippen molar-refractivity contribution in [3.05, 3.63) is 29.3 Å². The Morgan fingerprint density at radius 1 is 1.17 bits per heavy atom. The van der Waals surface area contributed by atoms with Crippen LogP contribution in [-0.4, -0.2) is 15.8 Å². The molecule has 0 bridgehead atoms. The summed E-state index contributed by atoms with van der Waals surface area (Å²) in [6.45, 7) is 4.11. The highest BCUT2D eigenvalue weighted by Crippen LogP contribution is 2.64. The number of fused-ring (bicyclic) bond motifs is 5. The lowest BCUT2D eigenvalue weighted by molar-refractivity contribution is -0.0648. The van der Waals surface area contributed by atoms with E-state index in [1.807, 2.05) is 19.1 Å². The first kappa shape index (κ1) is 15.1. The zero-order valence-electron chi connectivity index (χ0n) is 14.1. The monoisotopic (exact) mass is 310 g/mol. The number of phenolic OH excluding ortho intramolecular Hbond substituents is 1. The maximum Gasteiger partial charge on any atom is 0.131 e. The number of rotatable bonds is 0. The van der Waals surface area contributed by atoms with Crippen molar-refractivity contribution >= 4 is 0 Å². The van der Waals surface area contributed by atoms with Gasteiger partial charge in [0.25, 0.3) is 0 Å². The lowest BCUT2D eigenvalue weighted by Crippen LogP contribution is -2.50. The minimum Gasteiger partial charge on any atom is -0.508 e. The first-order valence-corrected chi connectivity index (χ1v) is 8.96. The summed E-state index contributed by atoms with van der Waals surface area (Å²) >= 11 is 0. The molecule has 1 aromatic carbocycles. The van der Waals surface area contributed by atoms with Gasteiger partial charge in [0.1, 0.15) is 11.4 Å². The van der Waals surface area contributed by atoms with Crippen LogP contribution in [0, 0.1) is 29.1 Å². The summed E-state index contributed by atoms with van der Waals surface area (Å²) in [5.41, 5.74) is 1.91. The molecule has 5 atom stereocenters. The average molecular weight is 310 g/mol. The van der Waals surface area contributed by atoms with Crippen molar-refractivity contribution in [3.63, 3.8) is 0 Å². The maximum atomic E-state index is 11.2. The van der Waals surface area contributed by atoms with Gasteiger partial charge in [0.2, 0.25) is 0 Å². The predicted molar refractivity (Wildman–Crippen MR) is 91.1 cm³/mol. The first-order valence-electron chi connectivity index (χ1n) is 8.96. The zero-order valence-corrected chi connectivity index (χ0v) is 14.1. The second-order valence-electron chi connectivity index (χ2n) is 8.03. The highest BCUT2D eigenvalue weighted by atomic mass is 16.3. The molecule has 23 heavy (non-hydrogen) atoms. The molecule has 2 heteroatoms. The highest BCUT2D eigenvalue weighted by Gasteiger charge is 2.61. The third kappa shape index (κ3) is 1.99. The number of hydrogen-bond acceptors (Lipinski definition) is 2. The van der Waals surface area contributed by atoms with Crippen molar-refractivity contribution in [1.82, 2.24) is 0 Å². The normalized spacial score (nSPS) is 41.3. The molecule has 0 saturated heterocycles. The van der Waals surface area contributed by atoms with E-state index in [-0.39, 0.29) is 5.41 Å². The largest absolute Gasteiger partial charge is 0.508 e. The predicted octanol–water partition coefficient (Wildman–Crippen LogP) is 4.00. The van der Waals surface area contributed by atoms with Gasteiger partial charge in [-0.15, -0.1) is 5.92 Å². The van der Waals surface area contributed by atoms with Crippen LogP contribution in [0.3, 0.4) is 0 Å². The van der Waals surface area contributed by atoms with Crippen molar-refractivity contribution in [2.75, 3.05) is 0 Å². The van der Waals surface area contributed by atoms with Crippen LogP contribution in [0.25, 0.3) is 0 Å². The summed E-state index contributed by atoms with van der Waals surface area (Å²) in [6.07, 6.45) is 6.32. The molecule has 0 spiro atoms. The van der Waals surface area contributed by atoms with Gasteiger partial charge in [-0.05, 0) is 86.5 Å². The summed E-state index contributed by atoms with van der Waals surface area (Å²) in [6, 6.07) is 5.92. The quantitative estimate of drug-likeness (QED) is 0.711. The summed E-state index contributed by atoms with van der Waals surface area (Å²) in [5, 5.41) is 20.9. The average Bonchev–Trinajstić information content (AvgIpc) is 2.79. The number of aromatic hydroxyl groups is 1. The molecule has 2 N–H and O–H groups in total. The number of phenols is 1. The molecule has 0 heterocycles. The SMILES string of the molecule is CC#CC1(O)CCC2C3CCc4cc(O)ccc4C3CCC21C. The lowest BCUT2D eigenvalue weighted by Gasteiger charge is -2.52. The van der Waals surface area contributed by atoms with Crippen molar-refractivity contribution in [2.45, 2.75) is 63.9 Å². The maximum absolute atomic E-state index is 11.2. The number of aliphatic hydroxyl groups is 1. The molecular weight excluding hydrogens is 284 g/mol. The van der Waals surface area contributed by atoms with Crippen LogP contribution in [0.4, 0.5) is 0 Å². The summed E-state index contributed by atoms with van der Waals surface area (Å²) in [5.74, 6) is 8.32. The van der Waals surface area contributed by atoms with E-state index < -0.39 is 5.60 Å². The molecule has 122 valence electrons. The van der Waals surface area contributed by atoms with Crippen molar-refractivity contribution in [2.24, 2.45) is 17.3 Å². The van der Waals surface area contributed by atoms with E-state index in [1.165, 1.54) is 17.5 Å². The van der Waals surface area contributed by atoms with Crippen LogP contribution < -0.4 is 0 Å². The standard InChI is InChI=1S/C21H26O2/c1-3-10-21(23)12-9-19-18-6-4-14-13-15(22)5-7-16(14)17(18)8-11-20(19,21)2/h5,7,13,17-19,22-23H,4,6,8-9,11-12H2,1-2H3. The van der Waals surface area contributed by atoms with Gasteiger partial charge >= 0.3 is 0 Å². The second-order valence-corrected chi connectivity index (χ2v) is 8.03. The topological polar surface area (TPSA) is 40.5 Å². The van der Waals surface area contributed by atoms with E-state index in [9.17, 15) is 10.2 Å². The van der Waals surface area contributed by atoms with Gasteiger partial charge in [0, 0.05) is 5.41 Å². The van der Waals surface area contributed by atoms with E-state index in [2.05, 4.69) is 24.8 Å². The molecule has 2 fully saturated rings. The molecule has 0 aromatic heterocycles. The third-order valence-corrected chi connectivity index (χ3v) is 7.19. The van der Waals surface area contributed by atoms with Gasteiger partial charge in [-0.25, -0.2) is 0 Å². The van der Waals surface area contributed by atoms with Crippen LogP contribution in [0.1, 0.15) is 63.0 Å². The van der Waals surface area contributed by atoms with E-state index in [0.717, 1.165) is 32.1 Å². The Balaban J connectivity index is 1.71. The Kier molecular flexibility index (Phi) is 3.29. The smallest absolute Gasteiger partial charge is 0.131 e. The second kappa shape index (κ2) is 5.02. The molecule has 1 aromatic rings. The van der Waals surface area contributed by atoms with E-state index in [0.29, 0.717) is 23.5 Å². The van der Waals surface area contributed by atoms with Gasteiger partial charge < -0.3 is 10.2 Å². The van der Waals surface area contributed by atoms with Crippen molar-refractivity contribution in [1.29, 1.82) is 0 Å². The Hall–Kier alpha value is -1.46. The van der Waals surface area contributed by atoms with Crippen LogP contribution in [0.2, 0.25) is 0 Å². The van der Waals surface area contributed by atoms with Gasteiger partial charge in [0.05, 0.1) is 0 Å². The van der Waals surface area contributed by atoms with Gasteiger partial charge in [-0.3, -0.25) is 0 Å². The Morgan fingerprint density at radius 3 is 2.78 bits per heavy atom. The van der Waals surface area contributed by atoms with E-state index >= 15 is 0 Å². The molecule has 4 rings (SSSR count). The molecule has 5 unspecified atom stereocenters. The Bertz CT molecular complexity index is 698. The molecule has 0 radical (unpaired) electrons. The zero-order chi connectivity index (χ0) is 16.2. The van der Waals surface area contributed by atoms with E-state index in [4.69, 9.17) is 0 Å². The van der Waals surface area contributed by atoms with Gasteiger partial charge in [-0.1, -0.05) is 18.9 Å². The minimum atomic E-state index is -0.799. The minimum absolute atomic E-state index is 0.0639.